The van der Waals surface area contributed by atoms with Gasteiger partial charge in [-0.2, -0.15) is 0 Å². The molecule has 0 aliphatic carbocycles. The average Bonchev–Trinajstić information content (AvgIpc) is 2.17. The minimum atomic E-state index is -0.540. The van der Waals surface area contributed by atoms with Gasteiger partial charge in [0.05, 0.1) is 17.7 Å². The number of pyridine rings is 1. The van der Waals surface area contributed by atoms with Crippen LogP contribution in [-0.2, 0) is 0 Å². The fraction of sp³-hybridized carbons (Fsp3) is 0.444. The molecule has 2 N–H and O–H groups in total. The third-order valence-corrected chi connectivity index (χ3v) is 1.74. The van der Waals surface area contributed by atoms with Crippen LogP contribution in [0.15, 0.2) is 12.3 Å². The van der Waals surface area contributed by atoms with Gasteiger partial charge in [0.1, 0.15) is 6.20 Å². The Bertz CT molecular complexity index is 341. The topological polar surface area (TPSA) is 91.3 Å². The molecule has 1 atom stereocenters. The van der Waals surface area contributed by atoms with E-state index in [1.807, 2.05) is 6.92 Å². The molecule has 0 amide bonds. The fourth-order valence-electron chi connectivity index (χ4n) is 0.939. The first-order chi connectivity index (χ1) is 7.11. The average molecular weight is 210 g/mol. The van der Waals surface area contributed by atoms with Crippen molar-refractivity contribution in [3.8, 4) is 5.75 Å². The third-order valence-electron chi connectivity index (χ3n) is 1.74. The van der Waals surface area contributed by atoms with E-state index in [2.05, 4.69) is 11.2 Å². The Hall–Kier alpha value is -1.69. The summed E-state index contributed by atoms with van der Waals surface area (Å²) in [7, 11) is 0. The summed E-state index contributed by atoms with van der Waals surface area (Å²) in [5, 5.41) is 10.6. The number of nitrogens with zero attached hydrogens (tertiary/aromatic N) is 2. The second-order valence-corrected chi connectivity index (χ2v) is 3.15. The quantitative estimate of drug-likeness (QED) is 0.576. The Balaban J connectivity index is 2.63. The lowest BCUT2D eigenvalue weighted by Crippen LogP contribution is -2.18. The number of nitrogens with two attached hydrogens (primary N) is 1. The van der Waals surface area contributed by atoms with E-state index in [1.165, 1.54) is 6.07 Å². The molecule has 1 aromatic rings. The van der Waals surface area contributed by atoms with E-state index < -0.39 is 4.92 Å². The van der Waals surface area contributed by atoms with E-state index in [4.69, 9.17) is 10.5 Å². The predicted molar refractivity (Wildman–Crippen MR) is 53.5 cm³/mol. The van der Waals surface area contributed by atoms with E-state index in [0.717, 1.165) is 6.20 Å². The summed E-state index contributed by atoms with van der Waals surface area (Å²) in [6.07, 6.45) is 4.23. The SMILES string of the molecule is CC(N)CCOc1c[c]ncc1[N+](=O)[O-]. The molecule has 81 valence electrons. The number of ether oxygens (including phenoxy) is 1. The van der Waals surface area contributed by atoms with Crippen molar-refractivity contribution in [1.82, 2.24) is 4.98 Å². The summed E-state index contributed by atoms with van der Waals surface area (Å²) in [5.41, 5.74) is 5.37. The van der Waals surface area contributed by atoms with Crippen LogP contribution in [0.5, 0.6) is 5.75 Å². The van der Waals surface area contributed by atoms with Crippen LogP contribution in [0.4, 0.5) is 5.69 Å². The summed E-state index contributed by atoms with van der Waals surface area (Å²) >= 11 is 0. The maximum atomic E-state index is 10.6. The van der Waals surface area contributed by atoms with Gasteiger partial charge in [-0.25, -0.2) is 4.98 Å². The van der Waals surface area contributed by atoms with Gasteiger partial charge in [0.15, 0.2) is 0 Å². The highest BCUT2D eigenvalue weighted by Gasteiger charge is 2.14. The van der Waals surface area contributed by atoms with Crippen LogP contribution >= 0.6 is 0 Å². The molecule has 0 aromatic carbocycles. The molecular weight excluding hydrogens is 198 g/mol. The molecular formula is C9H12N3O3. The second kappa shape index (κ2) is 5.26. The first kappa shape index (κ1) is 11.4. The maximum Gasteiger partial charge on any atom is 0.329 e. The van der Waals surface area contributed by atoms with Crippen molar-refractivity contribution in [2.24, 2.45) is 5.73 Å². The lowest BCUT2D eigenvalue weighted by Gasteiger charge is -2.07. The lowest BCUT2D eigenvalue weighted by atomic mass is 10.3. The van der Waals surface area contributed by atoms with Crippen LogP contribution in [0.25, 0.3) is 0 Å². The third kappa shape index (κ3) is 3.51. The van der Waals surface area contributed by atoms with Gasteiger partial charge in [-0.05, 0) is 13.3 Å². The van der Waals surface area contributed by atoms with Crippen molar-refractivity contribution < 1.29 is 9.66 Å². The minimum absolute atomic E-state index is 0.00914. The van der Waals surface area contributed by atoms with Gasteiger partial charge in [0.2, 0.25) is 5.75 Å². The molecule has 6 nitrogen and oxygen atoms in total. The van der Waals surface area contributed by atoms with Crippen molar-refractivity contribution in [2.75, 3.05) is 6.61 Å². The molecule has 1 heterocycles. The van der Waals surface area contributed by atoms with Gasteiger partial charge in [-0.1, -0.05) is 0 Å². The first-order valence-corrected chi connectivity index (χ1v) is 4.50. The van der Waals surface area contributed by atoms with Crippen LogP contribution < -0.4 is 10.5 Å². The monoisotopic (exact) mass is 210 g/mol. The highest BCUT2D eigenvalue weighted by atomic mass is 16.6. The molecule has 1 radical (unpaired) electrons. The van der Waals surface area contributed by atoms with E-state index in [1.54, 1.807) is 0 Å². The van der Waals surface area contributed by atoms with E-state index in [9.17, 15) is 10.1 Å². The number of aromatic nitrogens is 1. The van der Waals surface area contributed by atoms with Gasteiger partial charge in [-0.3, -0.25) is 10.1 Å². The van der Waals surface area contributed by atoms with Crippen LogP contribution in [-0.4, -0.2) is 22.6 Å². The lowest BCUT2D eigenvalue weighted by molar-refractivity contribution is -0.386. The number of hydrogen-bond donors (Lipinski definition) is 1. The molecule has 15 heavy (non-hydrogen) atoms. The molecule has 0 saturated carbocycles. The van der Waals surface area contributed by atoms with Crippen molar-refractivity contribution in [1.29, 1.82) is 0 Å². The molecule has 0 fully saturated rings. The van der Waals surface area contributed by atoms with Gasteiger partial charge < -0.3 is 10.5 Å². The Morgan fingerprint density at radius 3 is 3.13 bits per heavy atom. The van der Waals surface area contributed by atoms with Crippen molar-refractivity contribution in [3.63, 3.8) is 0 Å². The van der Waals surface area contributed by atoms with E-state index in [0.29, 0.717) is 13.0 Å². The zero-order valence-electron chi connectivity index (χ0n) is 8.34. The minimum Gasteiger partial charge on any atom is -0.487 e. The molecule has 0 aliphatic rings. The van der Waals surface area contributed by atoms with Crippen LogP contribution in [0.3, 0.4) is 0 Å². The van der Waals surface area contributed by atoms with Gasteiger partial charge in [0.25, 0.3) is 0 Å². The Morgan fingerprint density at radius 2 is 2.53 bits per heavy atom. The van der Waals surface area contributed by atoms with Gasteiger partial charge >= 0.3 is 5.69 Å². The van der Waals surface area contributed by atoms with Crippen LogP contribution in [0.1, 0.15) is 13.3 Å². The number of nitro groups is 1. The summed E-state index contributed by atoms with van der Waals surface area (Å²) in [4.78, 5) is 13.6. The summed E-state index contributed by atoms with van der Waals surface area (Å²) in [6.45, 7) is 2.19. The smallest absolute Gasteiger partial charge is 0.329 e. The number of rotatable bonds is 5. The molecule has 0 saturated heterocycles. The molecule has 0 spiro atoms. The summed E-state index contributed by atoms with van der Waals surface area (Å²) in [5.74, 6) is 0.177. The summed E-state index contributed by atoms with van der Waals surface area (Å²) in [6, 6.07) is 1.36. The molecule has 6 heteroatoms. The van der Waals surface area contributed by atoms with Gasteiger partial charge in [0, 0.05) is 12.1 Å². The van der Waals surface area contributed by atoms with Crippen molar-refractivity contribution in [3.05, 3.63) is 28.6 Å². The maximum absolute atomic E-state index is 10.6. The first-order valence-electron chi connectivity index (χ1n) is 4.50. The highest BCUT2D eigenvalue weighted by Crippen LogP contribution is 2.24. The van der Waals surface area contributed by atoms with Crippen molar-refractivity contribution >= 4 is 5.69 Å². The largest absolute Gasteiger partial charge is 0.487 e. The van der Waals surface area contributed by atoms with E-state index in [-0.39, 0.29) is 17.5 Å². The Labute approximate surface area is 87.2 Å². The molecule has 1 unspecified atom stereocenters. The zero-order valence-corrected chi connectivity index (χ0v) is 8.34. The number of hydrogen-bond acceptors (Lipinski definition) is 5. The second-order valence-electron chi connectivity index (χ2n) is 3.15. The molecule has 1 rings (SSSR count). The zero-order chi connectivity index (χ0) is 11.3. The molecule has 0 aliphatic heterocycles. The van der Waals surface area contributed by atoms with E-state index >= 15 is 0 Å². The Kier molecular flexibility index (Phi) is 3.99. The standard InChI is InChI=1S/C9H12N3O3/c1-7(10)3-5-15-9-2-4-11-6-8(9)12(13)14/h2,6-7H,3,5,10H2,1H3. The van der Waals surface area contributed by atoms with Crippen LogP contribution in [0, 0.1) is 16.3 Å². The molecule has 0 bridgehead atoms. The van der Waals surface area contributed by atoms with Crippen molar-refractivity contribution in [2.45, 2.75) is 19.4 Å². The predicted octanol–water partition coefficient (Wildman–Crippen LogP) is 0.906. The Morgan fingerprint density at radius 1 is 1.80 bits per heavy atom. The molecule has 1 aromatic heterocycles. The summed E-state index contributed by atoms with van der Waals surface area (Å²) < 4.78 is 5.22. The van der Waals surface area contributed by atoms with Crippen LogP contribution in [0.2, 0.25) is 0 Å². The van der Waals surface area contributed by atoms with Gasteiger partial charge in [-0.15, -0.1) is 0 Å². The highest BCUT2D eigenvalue weighted by molar-refractivity contribution is 5.42. The normalized spacial score (nSPS) is 12.1. The fourth-order valence-corrected chi connectivity index (χ4v) is 0.939.